The number of anilines is 2. The molecule has 1 N–H and O–H groups in total. The lowest BCUT2D eigenvalue weighted by molar-refractivity contribution is 0.627. The molecule has 0 saturated heterocycles. The predicted molar refractivity (Wildman–Crippen MR) is 68.1 cm³/mol. The van der Waals surface area contributed by atoms with E-state index in [2.05, 4.69) is 16.4 Å². The van der Waals surface area contributed by atoms with Crippen LogP contribution in [0.15, 0.2) is 30.3 Å². The van der Waals surface area contributed by atoms with Crippen molar-refractivity contribution in [2.45, 2.75) is 13.8 Å². The van der Waals surface area contributed by atoms with E-state index in [1.807, 2.05) is 19.9 Å². The summed E-state index contributed by atoms with van der Waals surface area (Å²) in [5.41, 5.74) is 2.71. The number of aromatic nitrogens is 1. The zero-order valence-corrected chi connectivity index (χ0v) is 10.2. The number of aryl methyl sites for hydroxylation is 2. The molecular weight excluding hydrogens is 229 g/mol. The predicted octanol–water partition coefficient (Wildman–Crippen LogP) is 3.45. The van der Waals surface area contributed by atoms with Gasteiger partial charge >= 0.3 is 0 Å². The van der Waals surface area contributed by atoms with Crippen molar-refractivity contribution in [2.75, 3.05) is 5.32 Å². The monoisotopic (exact) mass is 241 g/mol. The third-order valence-electron chi connectivity index (χ3n) is 2.40. The zero-order valence-electron chi connectivity index (χ0n) is 10.2. The van der Waals surface area contributed by atoms with E-state index in [1.165, 1.54) is 12.1 Å². The Balaban J connectivity index is 2.34. The molecule has 2 rings (SSSR count). The van der Waals surface area contributed by atoms with Gasteiger partial charge in [-0.3, -0.25) is 0 Å². The summed E-state index contributed by atoms with van der Waals surface area (Å²) in [6.45, 7) is 3.63. The first-order valence-electron chi connectivity index (χ1n) is 5.50. The first-order chi connectivity index (χ1) is 8.56. The molecule has 1 aromatic heterocycles. The molecule has 0 fully saturated rings. The first kappa shape index (κ1) is 12.1. The highest BCUT2D eigenvalue weighted by atomic mass is 19.1. The maximum absolute atomic E-state index is 13.2. The largest absolute Gasteiger partial charge is 0.340 e. The van der Waals surface area contributed by atoms with Gasteiger partial charge in [-0.05, 0) is 49.7 Å². The Hall–Kier alpha value is -2.41. The van der Waals surface area contributed by atoms with Crippen LogP contribution >= 0.6 is 0 Å². The van der Waals surface area contributed by atoms with Crippen molar-refractivity contribution in [1.82, 2.24) is 4.98 Å². The van der Waals surface area contributed by atoms with Crippen molar-refractivity contribution in [3.63, 3.8) is 0 Å². The van der Waals surface area contributed by atoms with Crippen molar-refractivity contribution in [2.24, 2.45) is 0 Å². The van der Waals surface area contributed by atoms with Crippen LogP contribution in [0.2, 0.25) is 0 Å². The summed E-state index contributed by atoms with van der Waals surface area (Å²) in [6, 6.07) is 10.1. The van der Waals surface area contributed by atoms with Gasteiger partial charge < -0.3 is 5.32 Å². The zero-order chi connectivity index (χ0) is 13.1. The Bertz CT molecular complexity index is 609. The molecule has 0 radical (unpaired) electrons. The van der Waals surface area contributed by atoms with Gasteiger partial charge in [-0.25, -0.2) is 9.37 Å². The highest BCUT2D eigenvalue weighted by Gasteiger charge is 2.02. The third-order valence-corrected chi connectivity index (χ3v) is 2.40. The maximum atomic E-state index is 13.2. The normalized spacial score (nSPS) is 9.89. The van der Waals surface area contributed by atoms with E-state index in [-0.39, 0.29) is 5.82 Å². The number of pyridine rings is 1. The van der Waals surface area contributed by atoms with Crippen molar-refractivity contribution in [1.29, 1.82) is 5.26 Å². The van der Waals surface area contributed by atoms with E-state index < -0.39 is 0 Å². The number of nitriles is 1. The van der Waals surface area contributed by atoms with Crippen LogP contribution in [0.5, 0.6) is 0 Å². The fourth-order valence-corrected chi connectivity index (χ4v) is 1.75. The fourth-order valence-electron chi connectivity index (χ4n) is 1.75. The summed E-state index contributed by atoms with van der Waals surface area (Å²) in [5.74, 6) is 0.238. The highest BCUT2D eigenvalue weighted by molar-refractivity contribution is 5.59. The average Bonchev–Trinajstić information content (AvgIpc) is 2.26. The molecule has 0 aliphatic rings. The van der Waals surface area contributed by atoms with Gasteiger partial charge in [0, 0.05) is 11.4 Å². The van der Waals surface area contributed by atoms with Crippen molar-refractivity contribution in [3.8, 4) is 6.07 Å². The lowest BCUT2D eigenvalue weighted by Gasteiger charge is -2.08. The molecular formula is C14H12FN3. The molecule has 0 spiro atoms. The van der Waals surface area contributed by atoms with Crippen LogP contribution in [0.3, 0.4) is 0 Å². The topological polar surface area (TPSA) is 48.7 Å². The summed E-state index contributed by atoms with van der Waals surface area (Å²) < 4.78 is 13.2. The van der Waals surface area contributed by atoms with Crippen LogP contribution < -0.4 is 5.32 Å². The number of halogens is 1. The first-order valence-corrected chi connectivity index (χ1v) is 5.50. The quantitative estimate of drug-likeness (QED) is 0.876. The Morgan fingerprint density at radius 2 is 1.94 bits per heavy atom. The van der Waals surface area contributed by atoms with Crippen LogP contribution in [0.1, 0.15) is 16.8 Å². The molecule has 0 aliphatic carbocycles. The van der Waals surface area contributed by atoms with Crippen LogP contribution in [-0.2, 0) is 0 Å². The minimum atomic E-state index is -0.300. The van der Waals surface area contributed by atoms with Crippen LogP contribution in [0.4, 0.5) is 15.9 Å². The number of hydrogen-bond acceptors (Lipinski definition) is 3. The lowest BCUT2D eigenvalue weighted by atomic mass is 10.2. The molecule has 0 atom stereocenters. The molecule has 18 heavy (non-hydrogen) atoms. The highest BCUT2D eigenvalue weighted by Crippen LogP contribution is 2.19. The number of nitrogens with one attached hydrogen (secondary N) is 1. The van der Waals surface area contributed by atoms with Gasteiger partial charge in [-0.2, -0.15) is 5.26 Å². The molecule has 4 heteroatoms. The summed E-state index contributed by atoms with van der Waals surface area (Å²) in [4.78, 5) is 4.25. The van der Waals surface area contributed by atoms with Gasteiger partial charge in [0.15, 0.2) is 0 Å². The van der Waals surface area contributed by atoms with Gasteiger partial charge in [0.25, 0.3) is 0 Å². The van der Waals surface area contributed by atoms with Gasteiger partial charge in [-0.1, -0.05) is 0 Å². The van der Waals surface area contributed by atoms with E-state index in [0.717, 1.165) is 11.3 Å². The summed E-state index contributed by atoms with van der Waals surface area (Å²) in [5, 5.41) is 11.9. The van der Waals surface area contributed by atoms with E-state index in [4.69, 9.17) is 5.26 Å². The van der Waals surface area contributed by atoms with Crippen LogP contribution in [0, 0.1) is 31.0 Å². The van der Waals surface area contributed by atoms with Gasteiger partial charge in [0.1, 0.15) is 11.6 Å². The molecule has 0 aliphatic heterocycles. The second-order valence-corrected chi connectivity index (χ2v) is 4.14. The molecule has 3 nitrogen and oxygen atoms in total. The smallest absolute Gasteiger partial charge is 0.131 e. The Morgan fingerprint density at radius 1 is 1.17 bits per heavy atom. The second kappa shape index (κ2) is 4.84. The third kappa shape index (κ3) is 2.83. The molecule has 0 amide bonds. The van der Waals surface area contributed by atoms with E-state index in [9.17, 15) is 4.39 Å². The maximum Gasteiger partial charge on any atom is 0.131 e. The van der Waals surface area contributed by atoms with Crippen molar-refractivity contribution in [3.05, 3.63) is 53.0 Å². The number of rotatable bonds is 2. The number of benzene rings is 1. The molecule has 1 heterocycles. The average molecular weight is 241 g/mol. The molecule has 1 aromatic carbocycles. The van der Waals surface area contributed by atoms with Gasteiger partial charge in [-0.15, -0.1) is 0 Å². The summed E-state index contributed by atoms with van der Waals surface area (Å²) in [7, 11) is 0. The van der Waals surface area contributed by atoms with E-state index in [1.54, 1.807) is 12.1 Å². The minimum absolute atomic E-state index is 0.300. The lowest BCUT2D eigenvalue weighted by Crippen LogP contribution is -1.97. The molecule has 0 saturated carbocycles. The van der Waals surface area contributed by atoms with Gasteiger partial charge in [0.2, 0.25) is 0 Å². The van der Waals surface area contributed by atoms with Crippen molar-refractivity contribution < 1.29 is 4.39 Å². The molecule has 90 valence electrons. The second-order valence-electron chi connectivity index (χ2n) is 4.14. The fraction of sp³-hybridized carbons (Fsp3) is 0.143. The van der Waals surface area contributed by atoms with Crippen LogP contribution in [-0.4, -0.2) is 4.98 Å². The molecule has 0 bridgehead atoms. The Morgan fingerprint density at radius 3 is 2.61 bits per heavy atom. The van der Waals surface area contributed by atoms with Gasteiger partial charge in [0.05, 0.1) is 11.6 Å². The van der Waals surface area contributed by atoms with Crippen molar-refractivity contribution >= 4 is 11.5 Å². The Labute approximate surface area is 105 Å². The van der Waals surface area contributed by atoms with Crippen LogP contribution in [0.25, 0.3) is 0 Å². The number of hydrogen-bond donors (Lipinski definition) is 1. The SMILES string of the molecule is Cc1cc(F)cc(Nc2cc(C#N)cc(C)n2)c1. The summed E-state index contributed by atoms with van der Waals surface area (Å²) in [6.07, 6.45) is 0. The summed E-state index contributed by atoms with van der Waals surface area (Å²) >= 11 is 0. The van der Waals surface area contributed by atoms with E-state index >= 15 is 0 Å². The molecule has 0 unspecified atom stereocenters. The Kier molecular flexibility index (Phi) is 3.24. The molecule has 2 aromatic rings. The standard InChI is InChI=1S/C14H12FN3/c1-9-3-12(15)7-13(4-9)18-14-6-11(8-16)5-10(2)17-14/h3-7H,1-2H3,(H,17,18). The van der Waals surface area contributed by atoms with E-state index in [0.29, 0.717) is 17.1 Å². The number of nitrogens with zero attached hydrogens (tertiary/aromatic N) is 2. The minimum Gasteiger partial charge on any atom is -0.340 e.